The fourth-order valence-corrected chi connectivity index (χ4v) is 3.87. The second kappa shape index (κ2) is 8.57. The highest BCUT2D eigenvalue weighted by molar-refractivity contribution is 7.89. The molecule has 1 aliphatic heterocycles. The van der Waals surface area contributed by atoms with Crippen molar-refractivity contribution in [3.05, 3.63) is 64.4 Å². The lowest BCUT2D eigenvalue weighted by Crippen LogP contribution is -2.48. The summed E-state index contributed by atoms with van der Waals surface area (Å²) in [7, 11) is -3.74. The van der Waals surface area contributed by atoms with Gasteiger partial charge in [0.15, 0.2) is 0 Å². The van der Waals surface area contributed by atoms with Crippen molar-refractivity contribution in [2.75, 3.05) is 26.2 Å². The van der Waals surface area contributed by atoms with E-state index in [-0.39, 0.29) is 23.0 Å². The molecule has 9 heteroatoms. The quantitative estimate of drug-likeness (QED) is 0.794. The first kappa shape index (κ1) is 20.7. The summed E-state index contributed by atoms with van der Waals surface area (Å²) in [5.74, 6) is -0.371. The van der Waals surface area contributed by atoms with Gasteiger partial charge in [0.25, 0.3) is 0 Å². The Bertz CT molecular complexity index is 959. The van der Waals surface area contributed by atoms with Crippen LogP contribution < -0.4 is 5.14 Å². The Morgan fingerprint density at radius 1 is 1.07 bits per heavy atom. The van der Waals surface area contributed by atoms with Gasteiger partial charge in [0.1, 0.15) is 5.82 Å². The van der Waals surface area contributed by atoms with Crippen molar-refractivity contribution in [1.82, 2.24) is 9.80 Å². The maximum Gasteiger partial charge on any atom is 0.238 e. The van der Waals surface area contributed by atoms with Gasteiger partial charge >= 0.3 is 0 Å². The van der Waals surface area contributed by atoms with E-state index in [9.17, 15) is 17.6 Å². The lowest BCUT2D eigenvalue weighted by atomic mass is 10.1. The second-order valence-corrected chi connectivity index (χ2v) is 8.73. The molecular formula is C19H21ClFN3O3S. The number of rotatable bonds is 5. The number of carbonyl (C=O) groups excluding carboxylic acids is 1. The molecule has 1 heterocycles. The van der Waals surface area contributed by atoms with E-state index < -0.39 is 10.0 Å². The molecule has 1 saturated heterocycles. The molecular weight excluding hydrogens is 405 g/mol. The average molecular weight is 426 g/mol. The van der Waals surface area contributed by atoms with Crippen molar-refractivity contribution in [3.63, 3.8) is 0 Å². The van der Waals surface area contributed by atoms with Gasteiger partial charge in [-0.2, -0.15) is 0 Å². The molecule has 150 valence electrons. The smallest absolute Gasteiger partial charge is 0.238 e. The molecule has 0 aliphatic carbocycles. The monoisotopic (exact) mass is 425 g/mol. The number of primary sulfonamides is 1. The maximum atomic E-state index is 13.1. The molecule has 0 aromatic heterocycles. The topological polar surface area (TPSA) is 83.7 Å². The van der Waals surface area contributed by atoms with E-state index in [1.165, 1.54) is 24.3 Å². The number of sulfonamides is 1. The number of amides is 1. The van der Waals surface area contributed by atoms with Gasteiger partial charge in [-0.3, -0.25) is 9.69 Å². The Hall–Kier alpha value is -2.00. The lowest BCUT2D eigenvalue weighted by Gasteiger charge is -2.35. The lowest BCUT2D eigenvalue weighted by molar-refractivity contribution is -0.132. The zero-order valence-corrected chi connectivity index (χ0v) is 16.7. The van der Waals surface area contributed by atoms with Crippen LogP contribution in [0.15, 0.2) is 47.4 Å². The van der Waals surface area contributed by atoms with Gasteiger partial charge in [0.05, 0.1) is 11.3 Å². The highest BCUT2D eigenvalue weighted by Gasteiger charge is 2.22. The first-order chi connectivity index (χ1) is 13.2. The van der Waals surface area contributed by atoms with Crippen molar-refractivity contribution in [3.8, 4) is 0 Å². The van der Waals surface area contributed by atoms with Crippen LogP contribution >= 0.6 is 11.6 Å². The van der Waals surface area contributed by atoms with Gasteiger partial charge in [-0.05, 0) is 35.4 Å². The zero-order chi connectivity index (χ0) is 20.3. The van der Waals surface area contributed by atoms with Crippen LogP contribution in [-0.4, -0.2) is 50.3 Å². The summed E-state index contributed by atoms with van der Waals surface area (Å²) in [5.41, 5.74) is 1.59. The Balaban J connectivity index is 1.52. The maximum absolute atomic E-state index is 13.1. The average Bonchev–Trinajstić information content (AvgIpc) is 2.64. The van der Waals surface area contributed by atoms with Gasteiger partial charge < -0.3 is 4.90 Å². The van der Waals surface area contributed by atoms with Crippen LogP contribution in [-0.2, 0) is 27.8 Å². The van der Waals surface area contributed by atoms with E-state index in [2.05, 4.69) is 4.90 Å². The minimum Gasteiger partial charge on any atom is -0.340 e. The third kappa shape index (κ3) is 5.29. The van der Waals surface area contributed by atoms with Gasteiger partial charge in [-0.15, -0.1) is 0 Å². The Kier molecular flexibility index (Phi) is 6.34. The molecule has 3 rings (SSSR count). The fourth-order valence-electron chi connectivity index (χ4n) is 3.13. The molecule has 1 fully saturated rings. The van der Waals surface area contributed by atoms with Crippen LogP contribution in [0.4, 0.5) is 4.39 Å². The predicted octanol–water partition coefficient (Wildman–Crippen LogP) is 2.01. The zero-order valence-electron chi connectivity index (χ0n) is 15.1. The minimum absolute atomic E-state index is 0.0113. The molecule has 1 amide bonds. The first-order valence-corrected chi connectivity index (χ1v) is 10.7. The normalized spacial score (nSPS) is 15.6. The summed E-state index contributed by atoms with van der Waals surface area (Å²) >= 11 is 6.08. The fraction of sp³-hybridized carbons (Fsp3) is 0.316. The van der Waals surface area contributed by atoms with E-state index in [0.717, 1.165) is 11.1 Å². The molecule has 0 spiro atoms. The van der Waals surface area contributed by atoms with E-state index in [4.69, 9.17) is 16.7 Å². The van der Waals surface area contributed by atoms with Crippen LogP contribution in [0.25, 0.3) is 0 Å². The van der Waals surface area contributed by atoms with Crippen LogP contribution in [0.1, 0.15) is 11.1 Å². The van der Waals surface area contributed by atoms with Crippen LogP contribution in [0.3, 0.4) is 0 Å². The Labute approximate surface area is 168 Å². The van der Waals surface area contributed by atoms with Crippen LogP contribution in [0.5, 0.6) is 0 Å². The molecule has 28 heavy (non-hydrogen) atoms. The number of piperazine rings is 1. The molecule has 2 N–H and O–H groups in total. The van der Waals surface area contributed by atoms with Crippen LogP contribution in [0, 0.1) is 5.82 Å². The highest BCUT2D eigenvalue weighted by atomic mass is 35.5. The van der Waals surface area contributed by atoms with E-state index in [1.807, 2.05) is 0 Å². The Morgan fingerprint density at radius 2 is 1.71 bits per heavy atom. The number of nitrogens with two attached hydrogens (primary N) is 1. The van der Waals surface area contributed by atoms with E-state index in [0.29, 0.717) is 37.7 Å². The third-order valence-corrected chi connectivity index (χ3v) is 6.02. The van der Waals surface area contributed by atoms with E-state index in [1.54, 1.807) is 23.1 Å². The first-order valence-electron chi connectivity index (χ1n) is 8.78. The molecule has 6 nitrogen and oxygen atoms in total. The number of halogens is 2. The molecule has 0 unspecified atom stereocenters. The van der Waals surface area contributed by atoms with Gasteiger partial charge in [-0.25, -0.2) is 17.9 Å². The molecule has 1 aliphatic rings. The van der Waals surface area contributed by atoms with Gasteiger partial charge in [-0.1, -0.05) is 29.8 Å². The number of benzene rings is 2. The Morgan fingerprint density at radius 3 is 2.29 bits per heavy atom. The molecule has 0 saturated carbocycles. The van der Waals surface area contributed by atoms with Crippen molar-refractivity contribution < 1.29 is 17.6 Å². The summed E-state index contributed by atoms with van der Waals surface area (Å²) in [6.07, 6.45) is 0.203. The van der Waals surface area contributed by atoms with Crippen molar-refractivity contribution in [1.29, 1.82) is 0 Å². The largest absolute Gasteiger partial charge is 0.340 e. The molecule has 0 atom stereocenters. The third-order valence-electron chi connectivity index (χ3n) is 4.74. The van der Waals surface area contributed by atoms with Crippen molar-refractivity contribution >= 4 is 27.5 Å². The molecule has 2 aromatic rings. The molecule has 0 radical (unpaired) electrons. The minimum atomic E-state index is -3.74. The summed E-state index contributed by atoms with van der Waals surface area (Å²) in [4.78, 5) is 16.5. The summed E-state index contributed by atoms with van der Waals surface area (Å²) in [6, 6.07) is 10.4. The second-order valence-electron chi connectivity index (χ2n) is 6.76. The van der Waals surface area contributed by atoms with Gasteiger partial charge in [0.2, 0.25) is 15.9 Å². The summed E-state index contributed by atoms with van der Waals surface area (Å²) < 4.78 is 35.7. The van der Waals surface area contributed by atoms with Crippen LogP contribution in [0.2, 0.25) is 5.02 Å². The highest BCUT2D eigenvalue weighted by Crippen LogP contribution is 2.20. The predicted molar refractivity (Wildman–Crippen MR) is 105 cm³/mol. The number of hydrogen-bond acceptors (Lipinski definition) is 4. The summed E-state index contributed by atoms with van der Waals surface area (Å²) in [6.45, 7) is 3.18. The number of carbonyl (C=O) groups is 1. The number of nitrogens with zero attached hydrogens (tertiary/aromatic N) is 2. The standard InChI is InChI=1S/C19H21ClFN3O3S/c20-18-12-16(21)4-3-15(18)13-23-7-9-24(10-8-23)19(25)11-14-1-5-17(6-2-14)28(22,26)27/h1-6,12H,7-11,13H2,(H2,22,26,27). The number of hydrogen-bond donors (Lipinski definition) is 1. The van der Waals surface area contributed by atoms with Crippen molar-refractivity contribution in [2.24, 2.45) is 5.14 Å². The van der Waals surface area contributed by atoms with E-state index >= 15 is 0 Å². The SMILES string of the molecule is NS(=O)(=O)c1ccc(CC(=O)N2CCN(Cc3ccc(F)cc3Cl)CC2)cc1. The summed E-state index contributed by atoms with van der Waals surface area (Å²) in [5, 5.41) is 5.48. The molecule has 0 bridgehead atoms. The van der Waals surface area contributed by atoms with Crippen molar-refractivity contribution in [2.45, 2.75) is 17.9 Å². The molecule has 2 aromatic carbocycles. The van der Waals surface area contributed by atoms with Gasteiger partial charge in [0, 0.05) is 37.7 Å².